The fraction of sp³-hybridized carbons (Fsp3) is 0.263. The maximum absolute atomic E-state index is 12.3. The molecule has 0 amide bonds. The summed E-state index contributed by atoms with van der Waals surface area (Å²) >= 11 is 12.4. The van der Waals surface area contributed by atoms with Crippen LogP contribution in [0.5, 0.6) is 0 Å². The number of rotatable bonds is 6. The number of aromatic nitrogens is 2. The molecule has 0 spiro atoms. The molecule has 6 heteroatoms. The van der Waals surface area contributed by atoms with Gasteiger partial charge in [0.05, 0.1) is 34.5 Å². The monoisotopic (exact) mass is 376 g/mol. The van der Waals surface area contributed by atoms with E-state index >= 15 is 0 Å². The highest BCUT2D eigenvalue weighted by molar-refractivity contribution is 6.36. The van der Waals surface area contributed by atoms with Crippen LogP contribution in [0.3, 0.4) is 0 Å². The number of ether oxygens (including phenoxy) is 1. The van der Waals surface area contributed by atoms with Gasteiger partial charge in [-0.1, -0.05) is 66.9 Å². The standard InChI is InChI=1S/C19H18Cl2N2O2/c1-2-3-9-25-17(24)11-16-18(13-7-5-4-6-8-13)22-19-15(21)10-14(20)12-23(16)19/h4-8,10,12H,2-3,9,11H2,1H3. The first-order valence-corrected chi connectivity index (χ1v) is 8.92. The number of benzene rings is 1. The number of esters is 1. The Hall–Kier alpha value is -2.04. The van der Waals surface area contributed by atoms with E-state index in [4.69, 9.17) is 27.9 Å². The second kappa shape index (κ2) is 7.89. The summed E-state index contributed by atoms with van der Waals surface area (Å²) in [6, 6.07) is 11.3. The lowest BCUT2D eigenvalue weighted by Crippen LogP contribution is -2.11. The van der Waals surface area contributed by atoms with Gasteiger partial charge in [-0.15, -0.1) is 0 Å². The molecule has 0 atom stereocenters. The van der Waals surface area contributed by atoms with Crippen LogP contribution >= 0.6 is 23.2 Å². The van der Waals surface area contributed by atoms with E-state index in [0.29, 0.717) is 33.7 Å². The van der Waals surface area contributed by atoms with E-state index in [0.717, 1.165) is 18.4 Å². The van der Waals surface area contributed by atoms with Crippen molar-refractivity contribution in [2.24, 2.45) is 0 Å². The molecule has 0 fully saturated rings. The molecule has 0 bridgehead atoms. The average molecular weight is 377 g/mol. The van der Waals surface area contributed by atoms with Gasteiger partial charge in [0.2, 0.25) is 0 Å². The zero-order valence-corrected chi connectivity index (χ0v) is 15.3. The van der Waals surface area contributed by atoms with Gasteiger partial charge in [0.1, 0.15) is 0 Å². The molecule has 0 aliphatic carbocycles. The predicted molar refractivity (Wildman–Crippen MR) is 100 cm³/mol. The summed E-state index contributed by atoms with van der Waals surface area (Å²) in [4.78, 5) is 16.9. The highest BCUT2D eigenvalue weighted by atomic mass is 35.5. The number of pyridine rings is 1. The Labute approximate surface area is 156 Å². The minimum absolute atomic E-state index is 0.103. The zero-order valence-electron chi connectivity index (χ0n) is 13.8. The van der Waals surface area contributed by atoms with Crippen LogP contribution in [-0.4, -0.2) is 22.0 Å². The summed E-state index contributed by atoms with van der Waals surface area (Å²) in [5.74, 6) is -0.288. The Kier molecular flexibility index (Phi) is 5.61. The highest BCUT2D eigenvalue weighted by Gasteiger charge is 2.19. The van der Waals surface area contributed by atoms with Crippen molar-refractivity contribution in [2.75, 3.05) is 6.61 Å². The number of hydrogen-bond acceptors (Lipinski definition) is 3. The van der Waals surface area contributed by atoms with E-state index in [1.165, 1.54) is 0 Å². The smallest absolute Gasteiger partial charge is 0.311 e. The van der Waals surface area contributed by atoms with Gasteiger partial charge >= 0.3 is 5.97 Å². The van der Waals surface area contributed by atoms with Gasteiger partial charge in [0, 0.05) is 11.8 Å². The average Bonchev–Trinajstić information content (AvgIpc) is 2.95. The van der Waals surface area contributed by atoms with Crippen LogP contribution in [0.15, 0.2) is 42.6 Å². The second-order valence-corrected chi connectivity index (χ2v) is 6.57. The second-order valence-electron chi connectivity index (χ2n) is 5.72. The number of hydrogen-bond donors (Lipinski definition) is 0. The van der Waals surface area contributed by atoms with Crippen molar-refractivity contribution in [1.82, 2.24) is 9.38 Å². The first kappa shape index (κ1) is 17.8. The van der Waals surface area contributed by atoms with E-state index < -0.39 is 0 Å². The first-order valence-electron chi connectivity index (χ1n) is 8.17. The minimum Gasteiger partial charge on any atom is -0.465 e. The number of unbranched alkanes of at least 4 members (excludes halogenated alkanes) is 1. The number of halogens is 2. The van der Waals surface area contributed by atoms with Crippen molar-refractivity contribution in [1.29, 1.82) is 0 Å². The number of carbonyl (C=O) groups excluding carboxylic acids is 1. The SMILES string of the molecule is CCCCOC(=O)Cc1c(-c2ccccc2)nc2c(Cl)cc(Cl)cn12. The molecule has 1 aromatic carbocycles. The van der Waals surface area contributed by atoms with Crippen molar-refractivity contribution in [3.63, 3.8) is 0 Å². The van der Waals surface area contributed by atoms with Crippen molar-refractivity contribution in [2.45, 2.75) is 26.2 Å². The topological polar surface area (TPSA) is 43.6 Å². The molecule has 25 heavy (non-hydrogen) atoms. The number of fused-ring (bicyclic) bond motifs is 1. The number of nitrogens with zero attached hydrogens (tertiary/aromatic N) is 2. The molecule has 2 aromatic heterocycles. The Bertz CT molecular complexity index is 891. The lowest BCUT2D eigenvalue weighted by atomic mass is 10.1. The molecular formula is C19H18Cl2N2O2. The lowest BCUT2D eigenvalue weighted by molar-refractivity contribution is -0.143. The summed E-state index contributed by atoms with van der Waals surface area (Å²) in [7, 11) is 0. The molecular weight excluding hydrogens is 359 g/mol. The van der Waals surface area contributed by atoms with E-state index in [2.05, 4.69) is 11.9 Å². The van der Waals surface area contributed by atoms with Crippen LogP contribution < -0.4 is 0 Å². The quantitative estimate of drug-likeness (QED) is 0.438. The number of carbonyl (C=O) groups is 1. The molecule has 0 saturated carbocycles. The molecule has 0 saturated heterocycles. The fourth-order valence-corrected chi connectivity index (χ4v) is 3.15. The number of imidazole rings is 1. The van der Waals surface area contributed by atoms with Gasteiger partial charge in [0.15, 0.2) is 5.65 Å². The Morgan fingerprint density at radius 3 is 2.72 bits per heavy atom. The maximum atomic E-state index is 12.3. The highest BCUT2D eigenvalue weighted by Crippen LogP contribution is 2.30. The Morgan fingerprint density at radius 1 is 1.24 bits per heavy atom. The van der Waals surface area contributed by atoms with Crippen LogP contribution in [0.2, 0.25) is 10.0 Å². The maximum Gasteiger partial charge on any atom is 0.311 e. The summed E-state index contributed by atoms with van der Waals surface area (Å²) in [6.45, 7) is 2.48. The molecule has 0 aliphatic heterocycles. The molecule has 0 unspecified atom stereocenters. The first-order chi connectivity index (χ1) is 12.1. The summed E-state index contributed by atoms with van der Waals surface area (Å²) in [5, 5.41) is 0.922. The Morgan fingerprint density at radius 2 is 2.00 bits per heavy atom. The van der Waals surface area contributed by atoms with Crippen LogP contribution in [-0.2, 0) is 16.0 Å². The molecule has 4 nitrogen and oxygen atoms in total. The predicted octanol–water partition coefficient (Wildman–Crippen LogP) is 5.19. The molecule has 3 aromatic rings. The van der Waals surface area contributed by atoms with E-state index in [1.807, 2.05) is 30.3 Å². The summed E-state index contributed by atoms with van der Waals surface area (Å²) < 4.78 is 7.08. The molecule has 0 aliphatic rings. The third kappa shape index (κ3) is 3.97. The minimum atomic E-state index is -0.288. The molecule has 2 heterocycles. The molecule has 130 valence electrons. The molecule has 0 radical (unpaired) electrons. The van der Waals surface area contributed by atoms with E-state index in [-0.39, 0.29) is 12.4 Å². The van der Waals surface area contributed by atoms with E-state index in [9.17, 15) is 4.79 Å². The third-order valence-corrected chi connectivity index (χ3v) is 4.35. The third-order valence-electron chi connectivity index (χ3n) is 3.86. The van der Waals surface area contributed by atoms with Crippen LogP contribution in [0.4, 0.5) is 0 Å². The molecule has 3 rings (SSSR count). The van der Waals surface area contributed by atoms with Gasteiger partial charge in [-0.25, -0.2) is 4.98 Å². The normalized spacial score (nSPS) is 11.0. The van der Waals surface area contributed by atoms with Gasteiger partial charge < -0.3 is 9.14 Å². The van der Waals surface area contributed by atoms with E-state index in [1.54, 1.807) is 16.7 Å². The van der Waals surface area contributed by atoms with Crippen LogP contribution in [0.1, 0.15) is 25.5 Å². The van der Waals surface area contributed by atoms with Gasteiger partial charge in [0.25, 0.3) is 0 Å². The van der Waals surface area contributed by atoms with Gasteiger partial charge in [-0.2, -0.15) is 0 Å². The van der Waals surface area contributed by atoms with Gasteiger partial charge in [-0.05, 0) is 12.5 Å². The lowest BCUT2D eigenvalue weighted by Gasteiger charge is -2.07. The van der Waals surface area contributed by atoms with Crippen LogP contribution in [0.25, 0.3) is 16.9 Å². The van der Waals surface area contributed by atoms with Gasteiger partial charge in [-0.3, -0.25) is 4.79 Å². The zero-order chi connectivity index (χ0) is 17.8. The van der Waals surface area contributed by atoms with Crippen molar-refractivity contribution in [3.05, 3.63) is 58.3 Å². The van der Waals surface area contributed by atoms with Crippen LogP contribution in [0, 0.1) is 0 Å². The summed E-state index contributed by atoms with van der Waals surface area (Å²) in [6.07, 6.45) is 3.65. The van der Waals surface area contributed by atoms with Crippen molar-refractivity contribution in [3.8, 4) is 11.3 Å². The van der Waals surface area contributed by atoms with Crippen molar-refractivity contribution < 1.29 is 9.53 Å². The summed E-state index contributed by atoms with van der Waals surface area (Å²) in [5.41, 5.74) is 2.90. The van der Waals surface area contributed by atoms with Crippen molar-refractivity contribution >= 4 is 34.8 Å². The Balaban J connectivity index is 2.05. The largest absolute Gasteiger partial charge is 0.465 e. The molecule has 0 N–H and O–H groups in total. The fourth-order valence-electron chi connectivity index (χ4n) is 2.63.